The van der Waals surface area contributed by atoms with E-state index >= 15 is 0 Å². The second kappa shape index (κ2) is 9.98. The number of aliphatic imine (C=N–C) groups is 1. The lowest BCUT2D eigenvalue weighted by Gasteiger charge is -2.40. The molecule has 1 aromatic carbocycles. The predicted molar refractivity (Wildman–Crippen MR) is 129 cm³/mol. The van der Waals surface area contributed by atoms with Crippen molar-refractivity contribution in [3.05, 3.63) is 54.4 Å². The summed E-state index contributed by atoms with van der Waals surface area (Å²) in [7, 11) is 1.69. The van der Waals surface area contributed by atoms with Gasteiger partial charge >= 0.3 is 6.03 Å². The Morgan fingerprint density at radius 2 is 1.76 bits per heavy atom. The zero-order valence-electron chi connectivity index (χ0n) is 19.1. The standard InChI is InChI=1S/C23H28N8O2S/c1-28-19-18(20(32)27-23(28)33)31(14-15-34-21-24-8-5-9-25-21)22(26-19)30-12-10-29(11-13-30)16-17-6-3-2-4-7-17/h2-9,18-19H,10-16H2,1H3,(H,27,32,33). The molecule has 0 radical (unpaired) electrons. The number of rotatable bonds is 6. The van der Waals surface area contributed by atoms with Crippen molar-refractivity contribution in [3.8, 4) is 0 Å². The Bertz CT molecular complexity index is 1050. The van der Waals surface area contributed by atoms with Gasteiger partial charge in [0.05, 0.1) is 0 Å². The van der Waals surface area contributed by atoms with Gasteiger partial charge in [0, 0.05) is 64.5 Å². The highest BCUT2D eigenvalue weighted by Crippen LogP contribution is 2.27. The lowest BCUT2D eigenvalue weighted by Crippen LogP contribution is -2.64. The number of benzene rings is 1. The van der Waals surface area contributed by atoms with Crippen LogP contribution in [0.1, 0.15) is 5.56 Å². The molecule has 0 bridgehead atoms. The normalized spacial score (nSPS) is 23.1. The molecule has 0 aliphatic carbocycles. The van der Waals surface area contributed by atoms with E-state index in [-0.39, 0.29) is 5.91 Å². The number of thioether (sulfide) groups is 1. The summed E-state index contributed by atoms with van der Waals surface area (Å²) in [6.07, 6.45) is 2.92. The third kappa shape index (κ3) is 4.71. The van der Waals surface area contributed by atoms with Crippen LogP contribution in [0.3, 0.4) is 0 Å². The van der Waals surface area contributed by atoms with Gasteiger partial charge in [-0.05, 0) is 11.6 Å². The van der Waals surface area contributed by atoms with Crippen molar-refractivity contribution in [2.75, 3.05) is 45.5 Å². The van der Waals surface area contributed by atoms with Crippen LogP contribution in [-0.2, 0) is 11.3 Å². The first-order chi connectivity index (χ1) is 16.6. The Morgan fingerprint density at radius 3 is 2.50 bits per heavy atom. The molecule has 3 aliphatic heterocycles. The summed E-state index contributed by atoms with van der Waals surface area (Å²) in [6.45, 7) is 4.97. The molecule has 178 valence electrons. The van der Waals surface area contributed by atoms with Crippen molar-refractivity contribution >= 4 is 29.7 Å². The molecule has 5 rings (SSSR count). The van der Waals surface area contributed by atoms with Crippen LogP contribution in [0.5, 0.6) is 0 Å². The molecule has 2 fully saturated rings. The fourth-order valence-electron chi connectivity index (χ4n) is 4.56. The summed E-state index contributed by atoms with van der Waals surface area (Å²) >= 11 is 1.54. The van der Waals surface area contributed by atoms with Crippen LogP contribution in [0.25, 0.3) is 0 Å². The zero-order chi connectivity index (χ0) is 23.5. The zero-order valence-corrected chi connectivity index (χ0v) is 19.9. The van der Waals surface area contributed by atoms with E-state index < -0.39 is 18.2 Å². The summed E-state index contributed by atoms with van der Waals surface area (Å²) in [5.41, 5.74) is 1.30. The number of likely N-dealkylation sites (N-methyl/N-ethyl adjacent to an activating group) is 1. The average molecular weight is 481 g/mol. The Kier molecular flexibility index (Phi) is 6.63. The number of hydrogen-bond donors (Lipinski definition) is 1. The number of carbonyl (C=O) groups excluding carboxylic acids is 2. The summed E-state index contributed by atoms with van der Waals surface area (Å²) in [6, 6.07) is 11.3. The van der Waals surface area contributed by atoms with Gasteiger partial charge in [-0.1, -0.05) is 42.1 Å². The molecule has 2 aromatic rings. The first kappa shape index (κ1) is 22.6. The van der Waals surface area contributed by atoms with E-state index in [1.807, 2.05) is 11.0 Å². The molecule has 2 saturated heterocycles. The van der Waals surface area contributed by atoms with Crippen LogP contribution in [-0.4, -0.2) is 105 Å². The van der Waals surface area contributed by atoms with Gasteiger partial charge in [0.25, 0.3) is 5.91 Å². The van der Waals surface area contributed by atoms with E-state index in [2.05, 4.69) is 49.4 Å². The maximum absolute atomic E-state index is 12.8. The smallest absolute Gasteiger partial charge is 0.325 e. The number of amides is 3. The first-order valence-corrected chi connectivity index (χ1v) is 12.4. The van der Waals surface area contributed by atoms with Crippen LogP contribution in [0.2, 0.25) is 0 Å². The average Bonchev–Trinajstić information content (AvgIpc) is 3.25. The number of nitrogens with one attached hydrogen (secondary N) is 1. The minimum absolute atomic E-state index is 0.296. The Hall–Kier alpha value is -3.18. The molecule has 3 aliphatic rings. The molecular formula is C23H28N8O2S. The fourth-order valence-corrected chi connectivity index (χ4v) is 5.30. The lowest BCUT2D eigenvalue weighted by atomic mass is 10.1. The van der Waals surface area contributed by atoms with E-state index in [1.165, 1.54) is 10.5 Å². The number of carbonyl (C=O) groups is 2. The van der Waals surface area contributed by atoms with Crippen LogP contribution >= 0.6 is 11.8 Å². The van der Waals surface area contributed by atoms with Gasteiger partial charge in [0.15, 0.2) is 23.3 Å². The molecule has 10 nitrogen and oxygen atoms in total. The second-order valence-electron chi connectivity index (χ2n) is 8.51. The second-order valence-corrected chi connectivity index (χ2v) is 9.58. The van der Waals surface area contributed by atoms with E-state index in [9.17, 15) is 9.59 Å². The third-order valence-corrected chi connectivity index (χ3v) is 7.20. The maximum atomic E-state index is 12.8. The van der Waals surface area contributed by atoms with Gasteiger partial charge in [-0.15, -0.1) is 0 Å². The number of urea groups is 1. The summed E-state index contributed by atoms with van der Waals surface area (Å²) in [5, 5.41) is 3.17. The van der Waals surface area contributed by atoms with Gasteiger partial charge in [0.2, 0.25) is 0 Å². The van der Waals surface area contributed by atoms with Gasteiger partial charge in [-0.25, -0.2) is 19.8 Å². The SMILES string of the molecule is CN1C(=O)NC(=O)C2C1N=C(N1CCN(Cc3ccccc3)CC1)N2CCSc1ncccn1. The predicted octanol–water partition coefficient (Wildman–Crippen LogP) is 0.934. The van der Waals surface area contributed by atoms with Gasteiger partial charge in [-0.3, -0.25) is 15.0 Å². The number of guanidine groups is 1. The molecule has 3 amide bonds. The monoisotopic (exact) mass is 480 g/mol. The van der Waals surface area contributed by atoms with Crippen molar-refractivity contribution in [1.29, 1.82) is 0 Å². The quantitative estimate of drug-likeness (QED) is 0.482. The Labute approximate surface area is 203 Å². The topological polar surface area (TPSA) is 97.3 Å². The molecule has 2 unspecified atom stereocenters. The van der Waals surface area contributed by atoms with E-state index in [1.54, 1.807) is 37.3 Å². The molecule has 11 heteroatoms. The van der Waals surface area contributed by atoms with Crippen molar-refractivity contribution in [2.45, 2.75) is 23.9 Å². The molecule has 34 heavy (non-hydrogen) atoms. The highest BCUT2D eigenvalue weighted by molar-refractivity contribution is 7.99. The van der Waals surface area contributed by atoms with E-state index in [0.29, 0.717) is 17.5 Å². The number of hydrogen-bond acceptors (Lipinski definition) is 9. The highest BCUT2D eigenvalue weighted by atomic mass is 32.2. The first-order valence-electron chi connectivity index (χ1n) is 11.4. The third-order valence-electron chi connectivity index (χ3n) is 6.35. The van der Waals surface area contributed by atoms with Gasteiger partial charge < -0.3 is 14.7 Å². The molecule has 1 aromatic heterocycles. The number of piperazine rings is 1. The van der Waals surface area contributed by atoms with Crippen molar-refractivity contribution in [2.24, 2.45) is 4.99 Å². The number of aromatic nitrogens is 2. The van der Waals surface area contributed by atoms with Crippen LogP contribution in [0.15, 0.2) is 58.9 Å². The number of imide groups is 1. The van der Waals surface area contributed by atoms with E-state index in [4.69, 9.17) is 4.99 Å². The molecule has 2 atom stereocenters. The van der Waals surface area contributed by atoms with Crippen LogP contribution in [0.4, 0.5) is 4.79 Å². The Morgan fingerprint density at radius 1 is 1.03 bits per heavy atom. The summed E-state index contributed by atoms with van der Waals surface area (Å²) in [5.74, 6) is 1.20. The molecule has 4 heterocycles. The fraction of sp³-hybridized carbons (Fsp3) is 0.435. The van der Waals surface area contributed by atoms with Crippen LogP contribution in [0, 0.1) is 0 Å². The minimum Gasteiger partial charge on any atom is -0.340 e. The number of nitrogens with zero attached hydrogens (tertiary/aromatic N) is 7. The van der Waals surface area contributed by atoms with Gasteiger partial charge in [-0.2, -0.15) is 0 Å². The lowest BCUT2D eigenvalue weighted by molar-refractivity contribution is -0.127. The summed E-state index contributed by atoms with van der Waals surface area (Å²) < 4.78 is 0. The van der Waals surface area contributed by atoms with Gasteiger partial charge in [0.1, 0.15) is 0 Å². The molecular weight excluding hydrogens is 452 g/mol. The highest BCUT2D eigenvalue weighted by Gasteiger charge is 2.49. The van der Waals surface area contributed by atoms with Crippen molar-refractivity contribution in [3.63, 3.8) is 0 Å². The maximum Gasteiger partial charge on any atom is 0.325 e. The number of fused-ring (bicyclic) bond motifs is 1. The summed E-state index contributed by atoms with van der Waals surface area (Å²) in [4.78, 5) is 46.7. The van der Waals surface area contributed by atoms with Crippen LogP contribution < -0.4 is 5.32 Å². The largest absolute Gasteiger partial charge is 0.340 e. The van der Waals surface area contributed by atoms with E-state index in [0.717, 1.165) is 38.7 Å². The molecule has 1 N–H and O–H groups in total. The molecule has 0 spiro atoms. The van der Waals surface area contributed by atoms with Crippen molar-refractivity contribution in [1.82, 2.24) is 34.9 Å². The van der Waals surface area contributed by atoms with Crippen molar-refractivity contribution < 1.29 is 9.59 Å². The molecule has 0 saturated carbocycles. The minimum atomic E-state index is -0.530. The Balaban J connectivity index is 1.28.